The van der Waals surface area contributed by atoms with Gasteiger partial charge in [-0.1, -0.05) is 18.2 Å². The van der Waals surface area contributed by atoms with Gasteiger partial charge in [0.05, 0.1) is 4.88 Å². The van der Waals surface area contributed by atoms with Crippen molar-refractivity contribution in [3.63, 3.8) is 0 Å². The number of aryl methyl sites for hydroxylation is 1. The van der Waals surface area contributed by atoms with Crippen LogP contribution in [0.2, 0.25) is 0 Å². The molecular formula is C26H26N2O3S. The number of nitrogens with zero attached hydrogens (tertiary/aromatic N) is 1. The van der Waals surface area contributed by atoms with Gasteiger partial charge in [0.2, 0.25) is 0 Å². The third kappa shape index (κ3) is 3.69. The molecular weight excluding hydrogens is 420 g/mol. The summed E-state index contributed by atoms with van der Waals surface area (Å²) in [5, 5.41) is 5.12. The van der Waals surface area contributed by atoms with Crippen LogP contribution in [0.25, 0.3) is 21.1 Å². The normalized spacial score (nSPS) is 16.4. The molecule has 1 aliphatic heterocycles. The summed E-state index contributed by atoms with van der Waals surface area (Å²) >= 11 is 1.54. The van der Waals surface area contributed by atoms with Gasteiger partial charge in [-0.2, -0.15) is 0 Å². The first-order valence-electron chi connectivity index (χ1n) is 11.0. The number of hydrogen-bond acceptors (Lipinski definition) is 4. The Kier molecular flexibility index (Phi) is 5.25. The fraction of sp³-hybridized carbons (Fsp3) is 0.308. The molecule has 1 fully saturated rings. The molecule has 0 bridgehead atoms. The maximum Gasteiger partial charge on any atom is 0.261 e. The Morgan fingerprint density at radius 3 is 2.78 bits per heavy atom. The summed E-state index contributed by atoms with van der Waals surface area (Å²) in [6, 6.07) is 15.8. The smallest absolute Gasteiger partial charge is 0.261 e. The molecule has 0 spiro atoms. The Hall–Kier alpha value is -3.12. The third-order valence-corrected chi connectivity index (χ3v) is 7.22. The molecule has 2 aromatic heterocycles. The summed E-state index contributed by atoms with van der Waals surface area (Å²) in [5.74, 6) is 0.980. The Balaban J connectivity index is 1.44. The zero-order valence-corrected chi connectivity index (χ0v) is 19.3. The van der Waals surface area contributed by atoms with Crippen LogP contribution in [0.15, 0.2) is 52.9 Å². The minimum atomic E-state index is -0.0262. The number of hydrogen-bond donors (Lipinski definition) is 1. The molecule has 32 heavy (non-hydrogen) atoms. The van der Waals surface area contributed by atoms with Crippen molar-refractivity contribution in [2.75, 3.05) is 13.1 Å². The van der Waals surface area contributed by atoms with Crippen LogP contribution in [-0.4, -0.2) is 35.8 Å². The third-order valence-electron chi connectivity index (χ3n) is 6.03. The summed E-state index contributed by atoms with van der Waals surface area (Å²) in [5.41, 5.74) is 2.55. The van der Waals surface area contributed by atoms with E-state index >= 15 is 0 Å². The summed E-state index contributed by atoms with van der Waals surface area (Å²) < 4.78 is 6.75. The van der Waals surface area contributed by atoms with E-state index in [2.05, 4.69) is 17.4 Å². The molecule has 164 valence electrons. The quantitative estimate of drug-likeness (QED) is 0.436. The molecule has 1 unspecified atom stereocenters. The number of thiophene rings is 1. The minimum Gasteiger partial charge on any atom is -0.461 e. The first-order chi connectivity index (χ1) is 15.4. The van der Waals surface area contributed by atoms with Crippen molar-refractivity contribution in [3.8, 4) is 0 Å². The molecule has 1 N–H and O–H groups in total. The van der Waals surface area contributed by atoms with Crippen LogP contribution in [0.3, 0.4) is 0 Å². The number of benzene rings is 2. The molecule has 3 heterocycles. The number of nitrogens with one attached hydrogen (secondary N) is 1. The van der Waals surface area contributed by atoms with Gasteiger partial charge < -0.3 is 14.6 Å². The van der Waals surface area contributed by atoms with Gasteiger partial charge in [-0.3, -0.25) is 9.59 Å². The monoisotopic (exact) mass is 446 g/mol. The van der Waals surface area contributed by atoms with Crippen molar-refractivity contribution in [2.24, 2.45) is 0 Å². The van der Waals surface area contributed by atoms with E-state index in [1.807, 2.05) is 62.1 Å². The summed E-state index contributed by atoms with van der Waals surface area (Å²) in [4.78, 5) is 28.9. The van der Waals surface area contributed by atoms with E-state index in [9.17, 15) is 9.59 Å². The Bertz CT molecular complexity index is 1330. The minimum absolute atomic E-state index is 0.0262. The Morgan fingerprint density at radius 1 is 1.16 bits per heavy atom. The standard InChI is InChI=1S/C26H26N2O3S/c1-15(2)27-25(29)24-23(20-6-4-5-7-22(20)32-24)18-10-11-28(14-18)26(30)17-8-9-21-19(13-17)12-16(3)31-21/h4-9,12-13,15,18H,10-11,14H2,1-3H3,(H,27,29). The lowest BCUT2D eigenvalue weighted by molar-refractivity contribution is 0.0791. The molecule has 1 atom stereocenters. The van der Waals surface area contributed by atoms with E-state index in [0.717, 1.165) is 43.7 Å². The van der Waals surface area contributed by atoms with Gasteiger partial charge in [0.1, 0.15) is 11.3 Å². The zero-order chi connectivity index (χ0) is 22.4. The molecule has 0 aliphatic carbocycles. The molecule has 2 amide bonds. The number of carbonyl (C=O) groups excluding carboxylic acids is 2. The lowest BCUT2D eigenvalue weighted by Gasteiger charge is -2.18. The van der Waals surface area contributed by atoms with Crippen LogP contribution in [-0.2, 0) is 0 Å². The van der Waals surface area contributed by atoms with E-state index in [0.29, 0.717) is 18.7 Å². The molecule has 0 radical (unpaired) electrons. The van der Waals surface area contributed by atoms with E-state index in [1.165, 1.54) is 0 Å². The van der Waals surface area contributed by atoms with Gasteiger partial charge in [0.15, 0.2) is 0 Å². The second-order valence-electron chi connectivity index (χ2n) is 8.82. The van der Waals surface area contributed by atoms with Crippen molar-refractivity contribution >= 4 is 44.2 Å². The SMILES string of the molecule is Cc1cc2cc(C(=O)N3CCC(c4c(C(=O)NC(C)C)sc5ccccc45)C3)ccc2o1. The van der Waals surface area contributed by atoms with Crippen LogP contribution in [0.5, 0.6) is 0 Å². The molecule has 5 nitrogen and oxygen atoms in total. The number of fused-ring (bicyclic) bond motifs is 2. The van der Waals surface area contributed by atoms with Crippen LogP contribution < -0.4 is 5.32 Å². The van der Waals surface area contributed by atoms with E-state index in [1.54, 1.807) is 11.3 Å². The summed E-state index contributed by atoms with van der Waals surface area (Å²) in [7, 11) is 0. The largest absolute Gasteiger partial charge is 0.461 e. The zero-order valence-electron chi connectivity index (χ0n) is 18.5. The van der Waals surface area contributed by atoms with Crippen LogP contribution >= 0.6 is 11.3 Å². The van der Waals surface area contributed by atoms with E-state index in [-0.39, 0.29) is 23.8 Å². The molecule has 6 heteroatoms. The lowest BCUT2D eigenvalue weighted by Crippen LogP contribution is -2.31. The molecule has 4 aromatic rings. The van der Waals surface area contributed by atoms with Gasteiger partial charge in [-0.25, -0.2) is 0 Å². The van der Waals surface area contributed by atoms with Crippen LogP contribution in [0, 0.1) is 6.92 Å². The highest BCUT2D eigenvalue weighted by Gasteiger charge is 2.33. The summed E-state index contributed by atoms with van der Waals surface area (Å²) in [6.45, 7) is 7.15. The topological polar surface area (TPSA) is 62.6 Å². The Labute approximate surface area is 191 Å². The first kappa shape index (κ1) is 20.8. The number of likely N-dealkylation sites (tertiary alicyclic amines) is 1. The van der Waals surface area contributed by atoms with Crippen molar-refractivity contribution in [1.29, 1.82) is 0 Å². The van der Waals surface area contributed by atoms with Crippen molar-refractivity contribution in [2.45, 2.75) is 39.2 Å². The van der Waals surface area contributed by atoms with Crippen molar-refractivity contribution in [1.82, 2.24) is 10.2 Å². The van der Waals surface area contributed by atoms with Gasteiger partial charge >= 0.3 is 0 Å². The fourth-order valence-electron chi connectivity index (χ4n) is 4.64. The van der Waals surface area contributed by atoms with Crippen LogP contribution in [0.1, 0.15) is 57.5 Å². The van der Waals surface area contributed by atoms with Crippen molar-refractivity contribution < 1.29 is 14.0 Å². The van der Waals surface area contributed by atoms with E-state index < -0.39 is 0 Å². The van der Waals surface area contributed by atoms with E-state index in [4.69, 9.17) is 4.42 Å². The Morgan fingerprint density at radius 2 is 1.97 bits per heavy atom. The van der Waals surface area contributed by atoms with Gasteiger partial charge in [0.25, 0.3) is 11.8 Å². The van der Waals surface area contributed by atoms with Gasteiger partial charge in [-0.05, 0) is 68.5 Å². The average molecular weight is 447 g/mol. The van der Waals surface area contributed by atoms with Crippen LogP contribution in [0.4, 0.5) is 0 Å². The number of carbonyl (C=O) groups is 2. The number of rotatable bonds is 4. The second kappa shape index (κ2) is 8.10. The average Bonchev–Trinajstić information content (AvgIpc) is 3.47. The molecule has 5 rings (SSSR count). The fourth-order valence-corrected chi connectivity index (χ4v) is 5.83. The highest BCUT2D eigenvalue weighted by atomic mass is 32.1. The van der Waals surface area contributed by atoms with Crippen molar-refractivity contribution in [3.05, 3.63) is 70.3 Å². The highest BCUT2D eigenvalue weighted by Crippen LogP contribution is 2.40. The highest BCUT2D eigenvalue weighted by molar-refractivity contribution is 7.21. The molecule has 1 aliphatic rings. The number of furan rings is 1. The molecule has 1 saturated heterocycles. The first-order valence-corrected chi connectivity index (χ1v) is 11.8. The predicted octanol–water partition coefficient (Wildman–Crippen LogP) is 5.72. The maximum atomic E-state index is 13.3. The predicted molar refractivity (Wildman–Crippen MR) is 129 cm³/mol. The molecule has 2 aromatic carbocycles. The number of amides is 2. The van der Waals surface area contributed by atoms with Gasteiger partial charge in [-0.15, -0.1) is 11.3 Å². The lowest BCUT2D eigenvalue weighted by atomic mass is 9.95. The maximum absolute atomic E-state index is 13.3. The second-order valence-corrected chi connectivity index (χ2v) is 9.87. The van der Waals surface area contributed by atoms with Gasteiger partial charge in [0, 0.05) is 40.7 Å². The molecule has 0 saturated carbocycles. The summed E-state index contributed by atoms with van der Waals surface area (Å²) in [6.07, 6.45) is 0.849.